The number of sulfone groups is 1. The maximum atomic E-state index is 13.8. The van der Waals surface area contributed by atoms with Crippen molar-refractivity contribution in [3.63, 3.8) is 0 Å². The number of nitrogens with one attached hydrogen (secondary N) is 1. The molecular formula is C12H15F2NO3S. The molecule has 19 heavy (non-hydrogen) atoms. The molecule has 1 unspecified atom stereocenters. The molecule has 1 fully saturated rings. The summed E-state index contributed by atoms with van der Waals surface area (Å²) in [5, 5.41) is 12.8. The van der Waals surface area contributed by atoms with E-state index < -0.39 is 32.1 Å². The Bertz CT molecular complexity index is 595. The molecule has 1 heterocycles. The van der Waals surface area contributed by atoms with Crippen LogP contribution in [0, 0.1) is 11.6 Å². The number of hydrogen-bond acceptors (Lipinski definition) is 4. The van der Waals surface area contributed by atoms with E-state index in [1.54, 1.807) is 0 Å². The van der Waals surface area contributed by atoms with E-state index in [1.165, 1.54) is 0 Å². The first-order valence-corrected chi connectivity index (χ1v) is 7.83. The highest BCUT2D eigenvalue weighted by molar-refractivity contribution is 7.90. The predicted molar refractivity (Wildman–Crippen MR) is 65.9 cm³/mol. The third-order valence-corrected chi connectivity index (χ3v) is 4.34. The summed E-state index contributed by atoms with van der Waals surface area (Å²) in [6.45, 7) is 0.831. The number of aromatic hydroxyl groups is 1. The monoisotopic (exact) mass is 291 g/mol. The Labute approximate surface area is 110 Å². The van der Waals surface area contributed by atoms with Crippen LogP contribution in [0.3, 0.4) is 0 Å². The number of halogens is 2. The summed E-state index contributed by atoms with van der Waals surface area (Å²) in [4.78, 5) is -1.08. The normalized spacial score (nSPS) is 19.8. The van der Waals surface area contributed by atoms with Crippen LogP contribution in [0.25, 0.3) is 0 Å². The first-order chi connectivity index (χ1) is 8.80. The molecule has 106 valence electrons. The molecule has 1 aromatic carbocycles. The lowest BCUT2D eigenvalue weighted by Gasteiger charge is -2.13. The van der Waals surface area contributed by atoms with Crippen molar-refractivity contribution in [3.8, 4) is 5.75 Å². The molecule has 2 N–H and O–H groups in total. The van der Waals surface area contributed by atoms with Crippen LogP contribution in [-0.2, 0) is 16.3 Å². The van der Waals surface area contributed by atoms with Gasteiger partial charge in [-0.1, -0.05) is 0 Å². The van der Waals surface area contributed by atoms with Crippen molar-refractivity contribution < 1.29 is 22.3 Å². The summed E-state index contributed by atoms with van der Waals surface area (Å²) in [6.07, 6.45) is 2.80. The highest BCUT2D eigenvalue weighted by atomic mass is 32.2. The van der Waals surface area contributed by atoms with Crippen LogP contribution in [0.4, 0.5) is 8.78 Å². The molecule has 0 saturated carbocycles. The maximum Gasteiger partial charge on any atom is 0.186 e. The Morgan fingerprint density at radius 2 is 2.16 bits per heavy atom. The van der Waals surface area contributed by atoms with E-state index in [9.17, 15) is 22.3 Å². The zero-order valence-corrected chi connectivity index (χ0v) is 11.2. The van der Waals surface area contributed by atoms with Crippen molar-refractivity contribution in [1.82, 2.24) is 5.32 Å². The van der Waals surface area contributed by atoms with Crippen LogP contribution >= 0.6 is 0 Å². The van der Waals surface area contributed by atoms with Gasteiger partial charge in [0.25, 0.3) is 0 Å². The summed E-state index contributed by atoms with van der Waals surface area (Å²) in [5.74, 6) is -3.35. The minimum absolute atomic E-state index is 0.0498. The predicted octanol–water partition coefficient (Wildman–Crippen LogP) is 1.37. The molecule has 1 aromatic rings. The Morgan fingerprint density at radius 3 is 2.68 bits per heavy atom. The molecule has 0 aliphatic carbocycles. The SMILES string of the molecule is CS(=O)(=O)c1c(F)cc(CC2CCCN2)c(O)c1F. The van der Waals surface area contributed by atoms with Gasteiger partial charge in [-0.3, -0.25) is 0 Å². The second-order valence-corrected chi connectivity index (χ2v) is 6.73. The lowest BCUT2D eigenvalue weighted by Crippen LogP contribution is -2.24. The highest BCUT2D eigenvalue weighted by Gasteiger charge is 2.26. The summed E-state index contributed by atoms with van der Waals surface area (Å²) in [7, 11) is -4.06. The van der Waals surface area contributed by atoms with Gasteiger partial charge < -0.3 is 10.4 Å². The van der Waals surface area contributed by atoms with Gasteiger partial charge in [-0.25, -0.2) is 17.2 Å². The molecule has 4 nitrogen and oxygen atoms in total. The largest absolute Gasteiger partial charge is 0.505 e. The lowest BCUT2D eigenvalue weighted by molar-refractivity contribution is 0.402. The number of phenolic OH excluding ortho intramolecular Hbond substituents is 1. The zero-order valence-electron chi connectivity index (χ0n) is 10.4. The van der Waals surface area contributed by atoms with E-state index in [0.29, 0.717) is 6.26 Å². The standard InChI is InChI=1S/C12H15F2NO3S/c1-19(17,18)12-9(13)6-7(11(16)10(12)14)5-8-3-2-4-15-8/h6,8,15-16H,2-5H2,1H3. The topological polar surface area (TPSA) is 66.4 Å². The first kappa shape index (κ1) is 14.2. The smallest absolute Gasteiger partial charge is 0.186 e. The van der Waals surface area contributed by atoms with Crippen LogP contribution in [0.5, 0.6) is 5.75 Å². The second-order valence-electron chi connectivity index (χ2n) is 4.78. The van der Waals surface area contributed by atoms with Crippen molar-refractivity contribution in [2.24, 2.45) is 0 Å². The summed E-state index contributed by atoms with van der Waals surface area (Å²) < 4.78 is 50.1. The van der Waals surface area contributed by atoms with E-state index in [1.807, 2.05) is 0 Å². The van der Waals surface area contributed by atoms with Gasteiger partial charge in [0.2, 0.25) is 0 Å². The first-order valence-electron chi connectivity index (χ1n) is 5.94. The van der Waals surface area contributed by atoms with Crippen molar-refractivity contribution in [2.45, 2.75) is 30.2 Å². The van der Waals surface area contributed by atoms with Crippen molar-refractivity contribution in [1.29, 1.82) is 0 Å². The summed E-state index contributed by atoms with van der Waals surface area (Å²) in [5.41, 5.74) is 0.0850. The molecule has 1 aliphatic rings. The average Bonchev–Trinajstić information content (AvgIpc) is 2.76. The molecule has 0 spiro atoms. The summed E-state index contributed by atoms with van der Waals surface area (Å²) >= 11 is 0. The zero-order chi connectivity index (χ0) is 14.2. The highest BCUT2D eigenvalue weighted by Crippen LogP contribution is 2.31. The fourth-order valence-electron chi connectivity index (χ4n) is 2.33. The van der Waals surface area contributed by atoms with Gasteiger partial charge >= 0.3 is 0 Å². The molecule has 7 heteroatoms. The van der Waals surface area contributed by atoms with Gasteiger partial charge in [0.15, 0.2) is 21.4 Å². The molecule has 0 bridgehead atoms. The average molecular weight is 291 g/mol. The van der Waals surface area contributed by atoms with E-state index in [4.69, 9.17) is 0 Å². The van der Waals surface area contributed by atoms with Crippen LogP contribution in [0.1, 0.15) is 18.4 Å². The van der Waals surface area contributed by atoms with E-state index in [0.717, 1.165) is 25.5 Å². The molecule has 0 amide bonds. The molecule has 2 rings (SSSR count). The molecule has 1 aliphatic heterocycles. The van der Waals surface area contributed by atoms with Crippen molar-refractivity contribution in [2.75, 3.05) is 12.8 Å². The number of rotatable bonds is 3. The third kappa shape index (κ3) is 2.87. The molecule has 0 radical (unpaired) electrons. The van der Waals surface area contributed by atoms with Gasteiger partial charge in [-0.2, -0.15) is 0 Å². The Morgan fingerprint density at radius 1 is 1.47 bits per heavy atom. The van der Waals surface area contributed by atoms with E-state index >= 15 is 0 Å². The quantitative estimate of drug-likeness (QED) is 0.882. The number of hydrogen-bond donors (Lipinski definition) is 2. The minimum atomic E-state index is -4.06. The van der Waals surface area contributed by atoms with Crippen molar-refractivity contribution in [3.05, 3.63) is 23.3 Å². The fourth-order valence-corrected chi connectivity index (χ4v) is 3.17. The van der Waals surface area contributed by atoms with Crippen LogP contribution < -0.4 is 5.32 Å². The van der Waals surface area contributed by atoms with E-state index in [-0.39, 0.29) is 18.0 Å². The van der Waals surface area contributed by atoms with Gasteiger partial charge in [0, 0.05) is 17.9 Å². The fraction of sp³-hybridized carbons (Fsp3) is 0.500. The van der Waals surface area contributed by atoms with Crippen molar-refractivity contribution >= 4 is 9.84 Å². The Hall–Kier alpha value is -1.21. The minimum Gasteiger partial charge on any atom is -0.505 e. The number of benzene rings is 1. The Kier molecular flexibility index (Phi) is 3.78. The van der Waals surface area contributed by atoms with Gasteiger partial charge in [0.05, 0.1) is 0 Å². The van der Waals surface area contributed by atoms with Crippen LogP contribution in [0.2, 0.25) is 0 Å². The van der Waals surface area contributed by atoms with Gasteiger partial charge in [-0.05, 0) is 31.9 Å². The van der Waals surface area contributed by atoms with Gasteiger partial charge in [-0.15, -0.1) is 0 Å². The lowest BCUT2D eigenvalue weighted by atomic mass is 10.0. The molecular weight excluding hydrogens is 276 g/mol. The Balaban J connectivity index is 2.42. The molecule has 1 atom stereocenters. The number of phenols is 1. The van der Waals surface area contributed by atoms with E-state index in [2.05, 4.69) is 5.32 Å². The van der Waals surface area contributed by atoms with Crippen LogP contribution in [-0.4, -0.2) is 32.4 Å². The second kappa shape index (κ2) is 5.05. The summed E-state index contributed by atoms with van der Waals surface area (Å²) in [6, 6.07) is 0.947. The molecule has 1 saturated heterocycles. The molecule has 0 aromatic heterocycles. The maximum absolute atomic E-state index is 13.8. The van der Waals surface area contributed by atoms with Crippen LogP contribution in [0.15, 0.2) is 11.0 Å². The van der Waals surface area contributed by atoms with Gasteiger partial charge in [0.1, 0.15) is 10.7 Å². The third-order valence-electron chi connectivity index (χ3n) is 3.23.